The predicted molar refractivity (Wildman–Crippen MR) is 152 cm³/mol. The molecule has 0 spiro atoms. The molecule has 2 atom stereocenters. The first-order chi connectivity index (χ1) is 20.0. The Bertz CT molecular complexity index is 1490. The van der Waals surface area contributed by atoms with Gasteiger partial charge < -0.3 is 29.0 Å². The summed E-state index contributed by atoms with van der Waals surface area (Å²) in [5, 5.41) is 10.3. The number of nitrogens with zero attached hydrogens (tertiary/aromatic N) is 1. The number of ether oxygens (including phenoxy) is 4. The molecule has 4 aromatic carbocycles. The standard InChI is InChI=1S/C33H31NO7/c1-38-25-14-16-26(17-15-25)41-30(23-11-7-4-8-12-23)32(35)34-20-24-13-18-29(39-2)31(27(24)19-28(34)33(36)37)40-21-22-9-5-3-6-10-22/h3-18,28,30H,19-21H2,1-2H3,(H,36,37)/t28-,30-/m0/s1. The Hall–Kier alpha value is -4.98. The minimum atomic E-state index is -1.13. The minimum absolute atomic E-state index is 0.0573. The van der Waals surface area contributed by atoms with Crippen LogP contribution in [-0.2, 0) is 29.2 Å². The lowest BCUT2D eigenvalue weighted by atomic mass is 9.91. The lowest BCUT2D eigenvalue weighted by Gasteiger charge is -2.37. The summed E-state index contributed by atoms with van der Waals surface area (Å²) in [7, 11) is 3.12. The molecule has 5 rings (SSSR count). The van der Waals surface area contributed by atoms with E-state index in [-0.39, 0.29) is 13.0 Å². The molecule has 210 valence electrons. The van der Waals surface area contributed by atoms with Crippen molar-refractivity contribution in [2.45, 2.75) is 31.7 Å². The van der Waals surface area contributed by atoms with Crippen LogP contribution in [0.2, 0.25) is 0 Å². The highest BCUT2D eigenvalue weighted by Crippen LogP contribution is 2.40. The van der Waals surface area contributed by atoms with Crippen molar-refractivity contribution in [3.8, 4) is 23.0 Å². The van der Waals surface area contributed by atoms with Gasteiger partial charge in [0.2, 0.25) is 6.10 Å². The number of carbonyl (C=O) groups excluding carboxylic acids is 1. The van der Waals surface area contributed by atoms with Gasteiger partial charge >= 0.3 is 5.97 Å². The van der Waals surface area contributed by atoms with E-state index >= 15 is 0 Å². The molecule has 1 amide bonds. The number of amides is 1. The monoisotopic (exact) mass is 553 g/mol. The number of carbonyl (C=O) groups is 2. The van der Waals surface area contributed by atoms with E-state index in [2.05, 4.69) is 0 Å². The van der Waals surface area contributed by atoms with Crippen molar-refractivity contribution in [2.75, 3.05) is 14.2 Å². The third kappa shape index (κ3) is 6.11. The van der Waals surface area contributed by atoms with Crippen molar-refractivity contribution in [3.05, 3.63) is 119 Å². The van der Waals surface area contributed by atoms with E-state index in [4.69, 9.17) is 18.9 Å². The zero-order valence-corrected chi connectivity index (χ0v) is 22.9. The number of carboxylic acids is 1. The van der Waals surface area contributed by atoms with E-state index in [1.54, 1.807) is 56.7 Å². The SMILES string of the molecule is COc1ccc(O[C@H](C(=O)N2Cc3ccc(OC)c(OCc4ccccc4)c3C[C@H]2C(=O)O)c2ccccc2)cc1. The van der Waals surface area contributed by atoms with Gasteiger partial charge in [0.1, 0.15) is 24.1 Å². The maximum absolute atomic E-state index is 14.1. The van der Waals surface area contributed by atoms with Crippen molar-refractivity contribution in [2.24, 2.45) is 0 Å². The van der Waals surface area contributed by atoms with Gasteiger partial charge in [0.25, 0.3) is 5.91 Å². The molecule has 4 aromatic rings. The van der Waals surface area contributed by atoms with Crippen LogP contribution in [0.4, 0.5) is 0 Å². The highest BCUT2D eigenvalue weighted by molar-refractivity contribution is 5.88. The van der Waals surface area contributed by atoms with Crippen molar-refractivity contribution < 1.29 is 33.6 Å². The van der Waals surface area contributed by atoms with Gasteiger partial charge in [-0.25, -0.2) is 4.79 Å². The molecule has 1 aliphatic rings. The molecule has 0 fully saturated rings. The Labute approximate surface area is 238 Å². The number of aliphatic carboxylic acids is 1. The van der Waals surface area contributed by atoms with Crippen LogP contribution in [-0.4, -0.2) is 42.1 Å². The molecule has 0 bridgehead atoms. The number of benzene rings is 4. The van der Waals surface area contributed by atoms with Crippen LogP contribution in [0.15, 0.2) is 97.1 Å². The van der Waals surface area contributed by atoms with E-state index in [0.717, 1.165) is 11.1 Å². The number of hydrogen-bond donors (Lipinski definition) is 1. The van der Waals surface area contributed by atoms with Gasteiger partial charge in [-0.3, -0.25) is 4.79 Å². The number of fused-ring (bicyclic) bond motifs is 1. The number of hydrogen-bond acceptors (Lipinski definition) is 6. The maximum Gasteiger partial charge on any atom is 0.326 e. The van der Waals surface area contributed by atoms with Crippen molar-refractivity contribution in [1.29, 1.82) is 0 Å². The summed E-state index contributed by atoms with van der Waals surface area (Å²) in [6, 6.07) is 28.2. The molecule has 0 saturated carbocycles. The van der Waals surface area contributed by atoms with Crippen LogP contribution in [0, 0.1) is 0 Å². The highest BCUT2D eigenvalue weighted by Gasteiger charge is 2.40. The fourth-order valence-corrected chi connectivity index (χ4v) is 4.95. The van der Waals surface area contributed by atoms with Crippen LogP contribution >= 0.6 is 0 Å². The molecule has 41 heavy (non-hydrogen) atoms. The van der Waals surface area contributed by atoms with Gasteiger partial charge in [0.05, 0.1) is 14.2 Å². The van der Waals surface area contributed by atoms with E-state index in [1.807, 2.05) is 54.6 Å². The lowest BCUT2D eigenvalue weighted by molar-refractivity contribution is -0.155. The maximum atomic E-state index is 14.1. The van der Waals surface area contributed by atoms with Crippen LogP contribution < -0.4 is 18.9 Å². The number of carboxylic acid groups (broad SMARTS) is 1. The Morgan fingerprint density at radius 1 is 0.854 bits per heavy atom. The van der Waals surface area contributed by atoms with Gasteiger partial charge in [-0.2, -0.15) is 0 Å². The van der Waals surface area contributed by atoms with Crippen LogP contribution in [0.1, 0.15) is 28.4 Å². The topological polar surface area (TPSA) is 94.5 Å². The molecule has 1 aliphatic heterocycles. The van der Waals surface area contributed by atoms with Gasteiger partial charge in [0.15, 0.2) is 11.5 Å². The van der Waals surface area contributed by atoms with E-state index < -0.39 is 24.0 Å². The van der Waals surface area contributed by atoms with Crippen molar-refractivity contribution in [3.63, 3.8) is 0 Å². The predicted octanol–water partition coefficient (Wildman–Crippen LogP) is 5.44. The summed E-state index contributed by atoms with van der Waals surface area (Å²) in [5.74, 6) is 0.539. The summed E-state index contributed by atoms with van der Waals surface area (Å²) in [5.41, 5.74) is 3.08. The van der Waals surface area contributed by atoms with Gasteiger partial charge in [0, 0.05) is 24.1 Å². The first-order valence-electron chi connectivity index (χ1n) is 13.2. The van der Waals surface area contributed by atoms with E-state index in [0.29, 0.717) is 40.7 Å². The smallest absolute Gasteiger partial charge is 0.326 e. The summed E-state index contributed by atoms with van der Waals surface area (Å²) < 4.78 is 23.2. The van der Waals surface area contributed by atoms with Gasteiger partial charge in [-0.1, -0.05) is 66.7 Å². The van der Waals surface area contributed by atoms with Crippen LogP contribution in [0.3, 0.4) is 0 Å². The molecule has 8 nitrogen and oxygen atoms in total. The fourth-order valence-electron chi connectivity index (χ4n) is 4.95. The second-order valence-electron chi connectivity index (χ2n) is 9.62. The summed E-state index contributed by atoms with van der Waals surface area (Å²) in [6.45, 7) is 0.367. The Balaban J connectivity index is 1.47. The second kappa shape index (κ2) is 12.5. The first-order valence-corrected chi connectivity index (χ1v) is 13.2. The molecule has 1 heterocycles. The van der Waals surface area contributed by atoms with Crippen LogP contribution in [0.5, 0.6) is 23.0 Å². The largest absolute Gasteiger partial charge is 0.497 e. The Kier molecular flexibility index (Phi) is 8.39. The summed E-state index contributed by atoms with van der Waals surface area (Å²) in [4.78, 5) is 28.1. The zero-order chi connectivity index (χ0) is 28.8. The van der Waals surface area contributed by atoms with Crippen LogP contribution in [0.25, 0.3) is 0 Å². The first kappa shape index (κ1) is 27.6. The average molecular weight is 554 g/mol. The second-order valence-corrected chi connectivity index (χ2v) is 9.62. The van der Waals surface area contributed by atoms with Crippen molar-refractivity contribution >= 4 is 11.9 Å². The van der Waals surface area contributed by atoms with E-state index in [1.165, 1.54) is 4.90 Å². The third-order valence-corrected chi connectivity index (χ3v) is 7.09. The molecule has 0 aromatic heterocycles. The quantitative estimate of drug-likeness (QED) is 0.279. The Morgan fingerprint density at radius 3 is 2.15 bits per heavy atom. The molecule has 0 radical (unpaired) electrons. The average Bonchev–Trinajstić information content (AvgIpc) is 3.02. The number of rotatable bonds is 10. The third-order valence-electron chi connectivity index (χ3n) is 7.09. The molecule has 0 aliphatic carbocycles. The van der Waals surface area contributed by atoms with Crippen molar-refractivity contribution in [1.82, 2.24) is 4.90 Å². The highest BCUT2D eigenvalue weighted by atomic mass is 16.5. The van der Waals surface area contributed by atoms with Gasteiger partial charge in [-0.15, -0.1) is 0 Å². The molecule has 1 N–H and O–H groups in total. The molecule has 0 unspecified atom stereocenters. The van der Waals surface area contributed by atoms with Gasteiger partial charge in [-0.05, 0) is 41.5 Å². The fraction of sp³-hybridized carbons (Fsp3) is 0.212. The lowest BCUT2D eigenvalue weighted by Crippen LogP contribution is -2.51. The summed E-state index contributed by atoms with van der Waals surface area (Å²) in [6.07, 6.45) is -0.998. The molecule has 8 heteroatoms. The molecule has 0 saturated heterocycles. The Morgan fingerprint density at radius 2 is 1.51 bits per heavy atom. The molecular formula is C33H31NO7. The summed E-state index contributed by atoms with van der Waals surface area (Å²) >= 11 is 0. The minimum Gasteiger partial charge on any atom is -0.497 e. The zero-order valence-electron chi connectivity index (χ0n) is 22.9. The number of methoxy groups -OCH3 is 2. The molecular weight excluding hydrogens is 522 g/mol. The van der Waals surface area contributed by atoms with E-state index in [9.17, 15) is 14.7 Å². The normalized spacial score (nSPS) is 14.9.